The number of aryl methyl sites for hydroxylation is 1. The standard InChI is InChI=1S/C13H11BrN4/c1-9-16-5-4-12(18-9)8-17-11-3-2-10(7-15)13(14)6-11/h2-6,17H,8H2,1H3. The molecule has 1 aromatic carbocycles. The zero-order valence-electron chi connectivity index (χ0n) is 9.81. The van der Waals surface area contributed by atoms with E-state index in [0.717, 1.165) is 21.7 Å². The summed E-state index contributed by atoms with van der Waals surface area (Å²) in [6.45, 7) is 2.49. The lowest BCUT2D eigenvalue weighted by atomic mass is 10.2. The highest BCUT2D eigenvalue weighted by atomic mass is 79.9. The average Bonchev–Trinajstić information content (AvgIpc) is 2.37. The molecule has 0 atom stereocenters. The Bertz CT molecular complexity index is 604. The highest BCUT2D eigenvalue weighted by Gasteiger charge is 2.01. The first-order valence-electron chi connectivity index (χ1n) is 5.41. The lowest BCUT2D eigenvalue weighted by Gasteiger charge is -2.07. The molecule has 0 aliphatic carbocycles. The van der Waals surface area contributed by atoms with Crippen LogP contribution >= 0.6 is 15.9 Å². The van der Waals surface area contributed by atoms with Gasteiger partial charge in [0, 0.05) is 16.4 Å². The Morgan fingerprint density at radius 3 is 2.89 bits per heavy atom. The fraction of sp³-hybridized carbons (Fsp3) is 0.154. The van der Waals surface area contributed by atoms with Crippen molar-refractivity contribution < 1.29 is 0 Å². The van der Waals surface area contributed by atoms with Crippen molar-refractivity contribution in [2.45, 2.75) is 13.5 Å². The SMILES string of the molecule is Cc1nccc(CNc2ccc(C#N)c(Br)c2)n1. The molecule has 4 nitrogen and oxygen atoms in total. The normalized spacial score (nSPS) is 9.83. The van der Waals surface area contributed by atoms with Gasteiger partial charge in [0.2, 0.25) is 0 Å². The summed E-state index contributed by atoms with van der Waals surface area (Å²) < 4.78 is 0.786. The predicted octanol–water partition coefficient (Wildman–Crippen LogP) is 3.03. The van der Waals surface area contributed by atoms with E-state index in [1.807, 2.05) is 25.1 Å². The van der Waals surface area contributed by atoms with Crippen molar-refractivity contribution in [2.75, 3.05) is 5.32 Å². The fourth-order valence-electron chi connectivity index (χ4n) is 1.51. The number of nitriles is 1. The van der Waals surface area contributed by atoms with Gasteiger partial charge in [-0.3, -0.25) is 0 Å². The number of nitrogens with zero attached hydrogens (tertiary/aromatic N) is 3. The largest absolute Gasteiger partial charge is 0.379 e. The molecule has 0 spiro atoms. The molecule has 1 heterocycles. The van der Waals surface area contributed by atoms with Crippen LogP contribution in [0.4, 0.5) is 5.69 Å². The third-order valence-corrected chi connectivity index (χ3v) is 3.05. The van der Waals surface area contributed by atoms with E-state index in [9.17, 15) is 0 Å². The Hall–Kier alpha value is -1.93. The third-order valence-electron chi connectivity index (χ3n) is 2.40. The second kappa shape index (κ2) is 5.61. The van der Waals surface area contributed by atoms with Crippen molar-refractivity contribution in [3.63, 3.8) is 0 Å². The van der Waals surface area contributed by atoms with Crippen molar-refractivity contribution in [1.82, 2.24) is 9.97 Å². The molecule has 2 rings (SSSR count). The predicted molar refractivity (Wildman–Crippen MR) is 73.0 cm³/mol. The lowest BCUT2D eigenvalue weighted by Crippen LogP contribution is -2.03. The third kappa shape index (κ3) is 3.05. The Balaban J connectivity index is 2.07. The monoisotopic (exact) mass is 302 g/mol. The van der Waals surface area contributed by atoms with E-state index in [1.165, 1.54) is 0 Å². The molecule has 0 aliphatic heterocycles. The minimum Gasteiger partial charge on any atom is -0.379 e. The van der Waals surface area contributed by atoms with Crippen molar-refractivity contribution in [3.05, 3.63) is 52.0 Å². The van der Waals surface area contributed by atoms with Crippen LogP contribution in [0, 0.1) is 18.3 Å². The topological polar surface area (TPSA) is 61.6 Å². The number of halogens is 1. The van der Waals surface area contributed by atoms with E-state index in [1.54, 1.807) is 12.3 Å². The molecule has 0 fully saturated rings. The van der Waals surface area contributed by atoms with Gasteiger partial charge in [0.05, 0.1) is 17.8 Å². The van der Waals surface area contributed by atoms with E-state index < -0.39 is 0 Å². The summed E-state index contributed by atoms with van der Waals surface area (Å²) in [6, 6.07) is 9.51. The zero-order valence-corrected chi connectivity index (χ0v) is 11.4. The number of benzene rings is 1. The molecule has 0 aliphatic rings. The summed E-state index contributed by atoms with van der Waals surface area (Å²) in [7, 11) is 0. The molecule has 2 aromatic rings. The summed E-state index contributed by atoms with van der Waals surface area (Å²) in [6.07, 6.45) is 1.74. The number of rotatable bonds is 3. The van der Waals surface area contributed by atoms with Crippen molar-refractivity contribution in [2.24, 2.45) is 0 Å². The maximum Gasteiger partial charge on any atom is 0.125 e. The Labute approximate surface area is 114 Å². The van der Waals surface area contributed by atoms with E-state index in [-0.39, 0.29) is 0 Å². The highest BCUT2D eigenvalue weighted by molar-refractivity contribution is 9.10. The van der Waals surface area contributed by atoms with Gasteiger partial charge >= 0.3 is 0 Å². The first-order chi connectivity index (χ1) is 8.69. The molecule has 0 radical (unpaired) electrons. The van der Waals surface area contributed by atoms with Crippen LogP contribution in [0.15, 0.2) is 34.9 Å². The fourth-order valence-corrected chi connectivity index (χ4v) is 1.98. The number of aromatic nitrogens is 2. The lowest BCUT2D eigenvalue weighted by molar-refractivity contribution is 0.955. The molecular weight excluding hydrogens is 292 g/mol. The van der Waals surface area contributed by atoms with Gasteiger partial charge in [-0.15, -0.1) is 0 Å². The maximum atomic E-state index is 8.83. The quantitative estimate of drug-likeness (QED) is 0.946. The number of nitrogens with one attached hydrogen (secondary N) is 1. The van der Waals surface area contributed by atoms with Gasteiger partial charge in [-0.2, -0.15) is 5.26 Å². The van der Waals surface area contributed by atoms with Crippen molar-refractivity contribution in [1.29, 1.82) is 5.26 Å². The minimum atomic E-state index is 0.624. The van der Waals surface area contributed by atoms with Crippen molar-refractivity contribution >= 4 is 21.6 Å². The van der Waals surface area contributed by atoms with Gasteiger partial charge in [0.25, 0.3) is 0 Å². The molecule has 18 heavy (non-hydrogen) atoms. The summed E-state index contributed by atoms with van der Waals surface area (Å²) >= 11 is 3.36. The second-order valence-electron chi connectivity index (χ2n) is 3.76. The number of hydrogen-bond acceptors (Lipinski definition) is 4. The molecule has 0 saturated carbocycles. The highest BCUT2D eigenvalue weighted by Crippen LogP contribution is 2.21. The van der Waals surface area contributed by atoms with Crippen LogP contribution in [0.25, 0.3) is 0 Å². The first-order valence-corrected chi connectivity index (χ1v) is 6.20. The zero-order chi connectivity index (χ0) is 13.0. The summed E-state index contributed by atoms with van der Waals surface area (Å²) in [5.74, 6) is 0.760. The summed E-state index contributed by atoms with van der Waals surface area (Å²) in [4.78, 5) is 8.36. The minimum absolute atomic E-state index is 0.624. The van der Waals surface area contributed by atoms with Gasteiger partial charge < -0.3 is 5.32 Å². The molecule has 1 N–H and O–H groups in total. The first kappa shape index (κ1) is 12.5. The maximum absolute atomic E-state index is 8.83. The van der Waals surface area contributed by atoms with Crippen LogP contribution in [-0.2, 0) is 6.54 Å². The van der Waals surface area contributed by atoms with E-state index in [2.05, 4.69) is 37.3 Å². The summed E-state index contributed by atoms with van der Waals surface area (Å²) in [5.41, 5.74) is 2.50. The van der Waals surface area contributed by atoms with E-state index in [0.29, 0.717) is 12.1 Å². The molecular formula is C13H11BrN4. The Kier molecular flexibility index (Phi) is 3.90. The average molecular weight is 303 g/mol. The number of hydrogen-bond donors (Lipinski definition) is 1. The smallest absolute Gasteiger partial charge is 0.125 e. The molecule has 0 saturated heterocycles. The summed E-state index contributed by atoms with van der Waals surface area (Å²) in [5, 5.41) is 12.1. The second-order valence-corrected chi connectivity index (χ2v) is 4.61. The molecule has 0 bridgehead atoms. The Morgan fingerprint density at radius 2 is 2.22 bits per heavy atom. The molecule has 0 unspecified atom stereocenters. The van der Waals surface area contributed by atoms with Gasteiger partial charge in [0.1, 0.15) is 11.9 Å². The molecule has 1 aromatic heterocycles. The van der Waals surface area contributed by atoms with Crippen LogP contribution < -0.4 is 5.32 Å². The Morgan fingerprint density at radius 1 is 1.39 bits per heavy atom. The number of anilines is 1. The van der Waals surface area contributed by atoms with Crippen LogP contribution in [0.5, 0.6) is 0 Å². The van der Waals surface area contributed by atoms with Crippen LogP contribution in [0.3, 0.4) is 0 Å². The van der Waals surface area contributed by atoms with Gasteiger partial charge in [0.15, 0.2) is 0 Å². The van der Waals surface area contributed by atoms with Gasteiger partial charge in [-0.1, -0.05) is 0 Å². The molecule has 0 amide bonds. The van der Waals surface area contributed by atoms with Crippen molar-refractivity contribution in [3.8, 4) is 6.07 Å². The molecule has 90 valence electrons. The van der Waals surface area contributed by atoms with Gasteiger partial charge in [-0.25, -0.2) is 9.97 Å². The van der Waals surface area contributed by atoms with Crippen LogP contribution in [0.1, 0.15) is 17.1 Å². The molecule has 5 heteroatoms. The van der Waals surface area contributed by atoms with Gasteiger partial charge in [-0.05, 0) is 47.1 Å². The van der Waals surface area contributed by atoms with Crippen LogP contribution in [0.2, 0.25) is 0 Å². The van der Waals surface area contributed by atoms with Crippen LogP contribution in [-0.4, -0.2) is 9.97 Å². The van der Waals surface area contributed by atoms with E-state index >= 15 is 0 Å². The van der Waals surface area contributed by atoms with E-state index in [4.69, 9.17) is 5.26 Å².